The van der Waals surface area contributed by atoms with Crippen LogP contribution >= 0.6 is 15.2 Å². The fourth-order valence-corrected chi connectivity index (χ4v) is 9.22. The monoisotopic (exact) mass is 370 g/mol. The minimum Gasteiger partial charge on any atom is -0.324 e. The number of nitrogens with zero attached hydrogens (tertiary/aromatic N) is 1. The van der Waals surface area contributed by atoms with Crippen LogP contribution in [0.3, 0.4) is 0 Å². The summed E-state index contributed by atoms with van der Waals surface area (Å²) in [5, 5.41) is 0. The smallest absolute Gasteiger partial charge is 0.324 e. The van der Waals surface area contributed by atoms with Gasteiger partial charge in [0.05, 0.1) is 26.2 Å². The fraction of sp³-hybridized carbons (Fsp3) is 1.00. The van der Waals surface area contributed by atoms with E-state index in [1.54, 1.807) is 0 Å². The Labute approximate surface area is 138 Å². The van der Waals surface area contributed by atoms with Gasteiger partial charge in [0.25, 0.3) is 0 Å². The zero-order chi connectivity index (χ0) is 17.8. The van der Waals surface area contributed by atoms with Crippen molar-refractivity contribution in [3.8, 4) is 0 Å². The third kappa shape index (κ3) is 2.69. The Balaban J connectivity index is 2.59. The minimum atomic E-state index is -4.94. The Bertz CT molecular complexity index is 531. The standard InChI is InChI=1S/C14H29NO6P2/c1-5-10-9-12-11(13(6-2)15(10,3)4)7-8-14(12,22(16,17)18)23(19,20)21/h10-13H,5-9H2,1-4H3,(H3-,16,17,18,19,20,21)/p+1. The van der Waals surface area contributed by atoms with Gasteiger partial charge in [-0.15, -0.1) is 0 Å². The van der Waals surface area contributed by atoms with Gasteiger partial charge in [0.15, 0.2) is 4.90 Å². The fourth-order valence-electron chi connectivity index (χ4n) is 5.57. The average Bonchev–Trinajstić information content (AvgIpc) is 2.75. The molecule has 0 amide bonds. The van der Waals surface area contributed by atoms with Crippen molar-refractivity contribution in [2.45, 2.75) is 62.9 Å². The lowest BCUT2D eigenvalue weighted by molar-refractivity contribution is -0.949. The minimum absolute atomic E-state index is 0.0574. The summed E-state index contributed by atoms with van der Waals surface area (Å²) in [6.07, 6.45) is 2.50. The van der Waals surface area contributed by atoms with Gasteiger partial charge in [-0.1, -0.05) is 13.8 Å². The third-order valence-electron chi connectivity index (χ3n) is 6.67. The topological polar surface area (TPSA) is 115 Å². The van der Waals surface area contributed by atoms with Crippen LogP contribution in [0.2, 0.25) is 0 Å². The van der Waals surface area contributed by atoms with Crippen LogP contribution in [0.25, 0.3) is 0 Å². The molecule has 9 heteroatoms. The van der Waals surface area contributed by atoms with Crippen molar-refractivity contribution in [2.24, 2.45) is 11.8 Å². The summed E-state index contributed by atoms with van der Waals surface area (Å²) >= 11 is 0. The normalized spacial score (nSPS) is 36.7. The highest BCUT2D eigenvalue weighted by molar-refractivity contribution is 7.72. The number of fused-ring (bicyclic) bond motifs is 1. The second kappa shape index (κ2) is 5.91. The van der Waals surface area contributed by atoms with E-state index in [9.17, 15) is 28.7 Å². The van der Waals surface area contributed by atoms with Crippen LogP contribution in [-0.2, 0) is 9.13 Å². The molecule has 4 unspecified atom stereocenters. The predicted octanol–water partition coefficient (Wildman–Crippen LogP) is 2.10. The molecule has 0 aromatic carbocycles. The number of hydrogen-bond acceptors (Lipinski definition) is 2. The molecule has 136 valence electrons. The van der Waals surface area contributed by atoms with Crippen LogP contribution in [0, 0.1) is 11.8 Å². The molecule has 23 heavy (non-hydrogen) atoms. The van der Waals surface area contributed by atoms with Gasteiger partial charge >= 0.3 is 15.2 Å². The van der Waals surface area contributed by atoms with E-state index in [4.69, 9.17) is 0 Å². The van der Waals surface area contributed by atoms with Crippen molar-refractivity contribution in [3.05, 3.63) is 0 Å². The molecule has 1 aliphatic carbocycles. The van der Waals surface area contributed by atoms with Crippen molar-refractivity contribution in [3.63, 3.8) is 0 Å². The van der Waals surface area contributed by atoms with Crippen LogP contribution in [-0.4, -0.2) is 55.1 Å². The van der Waals surface area contributed by atoms with Gasteiger partial charge in [-0.25, -0.2) is 0 Å². The molecule has 0 radical (unpaired) electrons. The summed E-state index contributed by atoms with van der Waals surface area (Å²) < 4.78 is 25.2. The molecule has 2 aliphatic rings. The molecule has 1 saturated carbocycles. The van der Waals surface area contributed by atoms with Gasteiger partial charge in [0.2, 0.25) is 0 Å². The lowest BCUT2D eigenvalue weighted by Gasteiger charge is -2.54. The highest BCUT2D eigenvalue weighted by atomic mass is 31.2. The quantitative estimate of drug-likeness (QED) is 0.445. The first-order valence-electron chi connectivity index (χ1n) is 8.29. The highest BCUT2D eigenvalue weighted by Crippen LogP contribution is 2.79. The number of quaternary nitrogens is 1. The molecular weight excluding hydrogens is 340 g/mol. The lowest BCUT2D eigenvalue weighted by Crippen LogP contribution is -2.64. The molecule has 0 aromatic rings. The van der Waals surface area contributed by atoms with Crippen molar-refractivity contribution in [1.29, 1.82) is 0 Å². The van der Waals surface area contributed by atoms with Gasteiger partial charge in [0, 0.05) is 18.3 Å². The van der Waals surface area contributed by atoms with E-state index in [2.05, 4.69) is 21.0 Å². The summed E-state index contributed by atoms with van der Waals surface area (Å²) in [6.45, 7) is 4.08. The molecule has 4 atom stereocenters. The summed E-state index contributed by atoms with van der Waals surface area (Å²) in [5.74, 6) is -0.678. The molecule has 0 bridgehead atoms. The second-order valence-corrected chi connectivity index (χ2v) is 11.8. The molecule has 1 heterocycles. The molecule has 0 aromatic heterocycles. The highest BCUT2D eigenvalue weighted by Gasteiger charge is 2.72. The van der Waals surface area contributed by atoms with E-state index in [0.29, 0.717) is 12.8 Å². The van der Waals surface area contributed by atoms with Crippen molar-refractivity contribution in [1.82, 2.24) is 0 Å². The van der Waals surface area contributed by atoms with Gasteiger partial charge in [-0.3, -0.25) is 9.13 Å². The Morgan fingerprint density at radius 2 is 1.57 bits per heavy atom. The number of rotatable bonds is 4. The van der Waals surface area contributed by atoms with Crippen molar-refractivity contribution < 1.29 is 33.2 Å². The summed E-state index contributed by atoms with van der Waals surface area (Å²) in [7, 11) is -5.62. The van der Waals surface area contributed by atoms with E-state index in [1.807, 2.05) is 6.92 Å². The molecular formula is C14H30NO6P2+. The van der Waals surface area contributed by atoms with Crippen molar-refractivity contribution >= 4 is 15.2 Å². The lowest BCUT2D eigenvalue weighted by atomic mass is 9.75. The first kappa shape index (κ1) is 19.6. The predicted molar refractivity (Wildman–Crippen MR) is 87.9 cm³/mol. The van der Waals surface area contributed by atoms with Crippen LogP contribution in [0.15, 0.2) is 0 Å². The molecule has 2 rings (SSSR count). The molecule has 7 nitrogen and oxygen atoms in total. The molecule has 2 fully saturated rings. The Kier molecular flexibility index (Phi) is 5.03. The van der Waals surface area contributed by atoms with Gasteiger partial charge in [-0.05, 0) is 25.7 Å². The summed E-state index contributed by atoms with van der Waals surface area (Å²) in [5.41, 5.74) is 0. The zero-order valence-corrected chi connectivity index (χ0v) is 16.1. The molecule has 1 aliphatic heterocycles. The van der Waals surface area contributed by atoms with Crippen LogP contribution in [0.4, 0.5) is 0 Å². The maximum atomic E-state index is 12.2. The molecule has 1 saturated heterocycles. The Hall–Kier alpha value is 0.260. The van der Waals surface area contributed by atoms with E-state index < -0.39 is 26.0 Å². The van der Waals surface area contributed by atoms with Gasteiger partial charge in [-0.2, -0.15) is 0 Å². The third-order valence-corrected chi connectivity index (χ3v) is 11.4. The molecule has 0 spiro atoms. The van der Waals surface area contributed by atoms with E-state index >= 15 is 0 Å². The molecule has 4 N–H and O–H groups in total. The number of hydrogen-bond donors (Lipinski definition) is 4. The van der Waals surface area contributed by atoms with Crippen molar-refractivity contribution in [2.75, 3.05) is 14.1 Å². The maximum absolute atomic E-state index is 12.2. The van der Waals surface area contributed by atoms with E-state index in [0.717, 1.165) is 17.3 Å². The summed E-state index contributed by atoms with van der Waals surface area (Å²) in [6, 6.07) is 0.315. The summed E-state index contributed by atoms with van der Waals surface area (Å²) in [4.78, 5) is 37.4. The van der Waals surface area contributed by atoms with Gasteiger partial charge in [0.1, 0.15) is 0 Å². The number of likely N-dealkylation sites (tertiary alicyclic amines) is 1. The van der Waals surface area contributed by atoms with E-state index in [-0.39, 0.29) is 24.4 Å². The van der Waals surface area contributed by atoms with Crippen LogP contribution in [0.1, 0.15) is 46.0 Å². The first-order chi connectivity index (χ1) is 10.3. The van der Waals surface area contributed by atoms with E-state index in [1.165, 1.54) is 0 Å². The Morgan fingerprint density at radius 3 is 1.96 bits per heavy atom. The Morgan fingerprint density at radius 1 is 1.04 bits per heavy atom. The SMILES string of the molecule is CCC1CC2C(CCC2(P(=O)(O)O)P(=O)(O)O)C(CC)[N+]1(C)C. The number of piperidine rings is 1. The van der Waals surface area contributed by atoms with Gasteiger partial charge < -0.3 is 24.1 Å². The first-order valence-corrected chi connectivity index (χ1v) is 11.5. The zero-order valence-electron chi connectivity index (χ0n) is 14.3. The maximum Gasteiger partial charge on any atom is 0.344 e. The van der Waals surface area contributed by atoms with Crippen LogP contribution in [0.5, 0.6) is 0 Å². The average molecular weight is 370 g/mol. The van der Waals surface area contributed by atoms with Crippen LogP contribution < -0.4 is 0 Å². The largest absolute Gasteiger partial charge is 0.344 e. The second-order valence-electron chi connectivity index (χ2n) is 7.68.